The number of piperazine rings is 1. The van der Waals surface area contributed by atoms with Crippen molar-refractivity contribution in [2.24, 2.45) is 0 Å². The second-order valence-electron chi connectivity index (χ2n) is 7.04. The molecule has 6 heteroatoms. The number of carbonyl (C=O) groups is 1. The van der Waals surface area contributed by atoms with Crippen LogP contribution in [0.3, 0.4) is 0 Å². The van der Waals surface area contributed by atoms with E-state index in [4.69, 9.17) is 4.74 Å². The Morgan fingerprint density at radius 1 is 1.07 bits per heavy atom. The molecule has 6 nitrogen and oxygen atoms in total. The molecule has 2 heterocycles. The van der Waals surface area contributed by atoms with E-state index in [1.165, 1.54) is 0 Å². The molecule has 2 aromatic carbocycles. The molecule has 28 heavy (non-hydrogen) atoms. The summed E-state index contributed by atoms with van der Waals surface area (Å²) >= 11 is 0. The molecule has 1 atom stereocenters. The average Bonchev–Trinajstić information content (AvgIpc) is 3.28. The van der Waals surface area contributed by atoms with E-state index in [9.17, 15) is 4.79 Å². The zero-order valence-corrected chi connectivity index (χ0v) is 16.1. The standard InChI is InChI=1S/C22H24N4O2/c1-16-15-25(19-7-9-20(28-2)10-8-19)13-14-26(16)22(27)18-5-3-17(4-6-18)21-11-12-23-24-21/h3-12,16H,13-15H2,1-2H3,(H,23,24)/t16-/m1/s1. The van der Waals surface area contributed by atoms with Crippen LogP contribution >= 0.6 is 0 Å². The van der Waals surface area contributed by atoms with E-state index >= 15 is 0 Å². The third kappa shape index (κ3) is 3.58. The maximum absolute atomic E-state index is 13.0. The van der Waals surface area contributed by atoms with Crippen molar-refractivity contribution in [2.45, 2.75) is 13.0 Å². The summed E-state index contributed by atoms with van der Waals surface area (Å²) in [6, 6.07) is 17.8. The molecule has 0 aliphatic carbocycles. The zero-order valence-electron chi connectivity index (χ0n) is 16.1. The lowest BCUT2D eigenvalue weighted by atomic mass is 10.1. The number of rotatable bonds is 4. The first kappa shape index (κ1) is 18.1. The Labute approximate surface area is 164 Å². The quantitative estimate of drug-likeness (QED) is 0.758. The van der Waals surface area contributed by atoms with Gasteiger partial charge >= 0.3 is 0 Å². The summed E-state index contributed by atoms with van der Waals surface area (Å²) in [5, 5.41) is 6.91. The van der Waals surface area contributed by atoms with Gasteiger partial charge in [-0.15, -0.1) is 0 Å². The normalized spacial score (nSPS) is 16.9. The number of aromatic nitrogens is 2. The second-order valence-corrected chi connectivity index (χ2v) is 7.04. The van der Waals surface area contributed by atoms with Crippen molar-refractivity contribution in [2.75, 3.05) is 31.6 Å². The number of amides is 1. The van der Waals surface area contributed by atoms with Gasteiger partial charge in [-0.05, 0) is 55.0 Å². The number of H-pyrrole nitrogens is 1. The number of aromatic amines is 1. The molecule has 1 amide bonds. The van der Waals surface area contributed by atoms with E-state index in [0.29, 0.717) is 12.1 Å². The average molecular weight is 376 g/mol. The van der Waals surface area contributed by atoms with Crippen LogP contribution in [0, 0.1) is 0 Å². The molecule has 1 aromatic heterocycles. The van der Waals surface area contributed by atoms with Gasteiger partial charge < -0.3 is 14.5 Å². The Hall–Kier alpha value is -3.28. The topological polar surface area (TPSA) is 61.5 Å². The van der Waals surface area contributed by atoms with E-state index in [1.54, 1.807) is 13.3 Å². The van der Waals surface area contributed by atoms with Crippen LogP contribution in [0.5, 0.6) is 5.75 Å². The van der Waals surface area contributed by atoms with Crippen molar-refractivity contribution in [1.29, 1.82) is 0 Å². The summed E-state index contributed by atoms with van der Waals surface area (Å²) in [6.45, 7) is 4.43. The molecular formula is C22H24N4O2. The molecule has 144 valence electrons. The maximum Gasteiger partial charge on any atom is 0.254 e. The van der Waals surface area contributed by atoms with Crippen LogP contribution in [0.1, 0.15) is 17.3 Å². The second kappa shape index (κ2) is 7.76. The van der Waals surface area contributed by atoms with Gasteiger partial charge in [-0.2, -0.15) is 5.10 Å². The molecule has 0 radical (unpaired) electrons. The third-order valence-electron chi connectivity index (χ3n) is 5.27. The highest BCUT2D eigenvalue weighted by molar-refractivity contribution is 5.95. The van der Waals surface area contributed by atoms with Gasteiger partial charge in [0.2, 0.25) is 0 Å². The number of nitrogens with zero attached hydrogens (tertiary/aromatic N) is 3. The van der Waals surface area contributed by atoms with Gasteiger partial charge in [-0.1, -0.05) is 12.1 Å². The predicted molar refractivity (Wildman–Crippen MR) is 110 cm³/mol. The van der Waals surface area contributed by atoms with Crippen molar-refractivity contribution in [3.8, 4) is 17.0 Å². The molecule has 1 fully saturated rings. The highest BCUT2D eigenvalue weighted by Gasteiger charge is 2.28. The lowest BCUT2D eigenvalue weighted by Crippen LogP contribution is -2.54. The Balaban J connectivity index is 1.43. The molecule has 1 aliphatic heterocycles. The lowest BCUT2D eigenvalue weighted by Gasteiger charge is -2.41. The van der Waals surface area contributed by atoms with Crippen LogP contribution in [-0.2, 0) is 0 Å². The highest BCUT2D eigenvalue weighted by Crippen LogP contribution is 2.24. The number of methoxy groups -OCH3 is 1. The zero-order chi connectivity index (χ0) is 19.5. The molecular weight excluding hydrogens is 352 g/mol. The largest absolute Gasteiger partial charge is 0.497 e. The fraction of sp³-hybridized carbons (Fsp3) is 0.273. The Bertz CT molecular complexity index is 920. The fourth-order valence-corrected chi connectivity index (χ4v) is 3.66. The Morgan fingerprint density at radius 3 is 2.43 bits per heavy atom. The SMILES string of the molecule is COc1ccc(N2CCN(C(=O)c3ccc(-c4ccn[nH]4)cc3)[C@H](C)C2)cc1. The molecule has 0 bridgehead atoms. The summed E-state index contributed by atoms with van der Waals surface area (Å²) in [5.41, 5.74) is 3.84. The smallest absolute Gasteiger partial charge is 0.254 e. The molecule has 1 aliphatic rings. The highest BCUT2D eigenvalue weighted by atomic mass is 16.5. The van der Waals surface area contributed by atoms with Crippen molar-refractivity contribution in [3.63, 3.8) is 0 Å². The molecule has 3 aromatic rings. The number of hydrogen-bond acceptors (Lipinski definition) is 4. The van der Waals surface area contributed by atoms with Crippen molar-refractivity contribution in [3.05, 3.63) is 66.4 Å². The predicted octanol–water partition coefficient (Wildman–Crippen LogP) is 3.44. The van der Waals surface area contributed by atoms with Gasteiger partial charge in [0.05, 0.1) is 12.8 Å². The van der Waals surface area contributed by atoms with E-state index in [2.05, 4.69) is 34.2 Å². The summed E-state index contributed by atoms with van der Waals surface area (Å²) in [6.07, 6.45) is 1.72. The van der Waals surface area contributed by atoms with Gasteiger partial charge in [0.1, 0.15) is 5.75 Å². The van der Waals surface area contributed by atoms with E-state index < -0.39 is 0 Å². The van der Waals surface area contributed by atoms with Crippen molar-refractivity contribution >= 4 is 11.6 Å². The first-order valence-corrected chi connectivity index (χ1v) is 9.45. The number of carbonyl (C=O) groups excluding carboxylic acids is 1. The first-order chi connectivity index (χ1) is 13.7. The summed E-state index contributed by atoms with van der Waals surface area (Å²) in [4.78, 5) is 17.3. The summed E-state index contributed by atoms with van der Waals surface area (Å²) < 4.78 is 5.23. The monoisotopic (exact) mass is 376 g/mol. The third-order valence-corrected chi connectivity index (χ3v) is 5.27. The van der Waals surface area contributed by atoms with Gasteiger partial charge in [-0.3, -0.25) is 9.89 Å². The fourth-order valence-electron chi connectivity index (χ4n) is 3.66. The minimum atomic E-state index is 0.0815. The van der Waals surface area contributed by atoms with Crippen LogP contribution < -0.4 is 9.64 Å². The van der Waals surface area contributed by atoms with Crippen molar-refractivity contribution in [1.82, 2.24) is 15.1 Å². The van der Waals surface area contributed by atoms with Crippen LogP contribution in [0.2, 0.25) is 0 Å². The first-order valence-electron chi connectivity index (χ1n) is 9.45. The van der Waals surface area contributed by atoms with Crippen LogP contribution in [0.4, 0.5) is 5.69 Å². The van der Waals surface area contributed by atoms with Gasteiger partial charge in [0.25, 0.3) is 5.91 Å². The number of hydrogen-bond donors (Lipinski definition) is 1. The lowest BCUT2D eigenvalue weighted by molar-refractivity contribution is 0.0674. The Kier molecular flexibility index (Phi) is 5.02. The van der Waals surface area contributed by atoms with Crippen LogP contribution in [-0.4, -0.2) is 53.8 Å². The molecule has 0 unspecified atom stereocenters. The van der Waals surface area contributed by atoms with E-state index in [1.807, 2.05) is 47.4 Å². The summed E-state index contributed by atoms with van der Waals surface area (Å²) in [5.74, 6) is 0.933. The molecule has 1 saturated heterocycles. The number of anilines is 1. The number of benzene rings is 2. The summed E-state index contributed by atoms with van der Waals surface area (Å²) in [7, 11) is 1.67. The minimum absolute atomic E-state index is 0.0815. The van der Waals surface area contributed by atoms with Crippen LogP contribution in [0.15, 0.2) is 60.8 Å². The van der Waals surface area contributed by atoms with E-state index in [-0.39, 0.29) is 11.9 Å². The minimum Gasteiger partial charge on any atom is -0.497 e. The number of ether oxygens (including phenoxy) is 1. The maximum atomic E-state index is 13.0. The Morgan fingerprint density at radius 2 is 1.82 bits per heavy atom. The van der Waals surface area contributed by atoms with Gasteiger partial charge in [0, 0.05) is 43.1 Å². The van der Waals surface area contributed by atoms with Gasteiger partial charge in [-0.25, -0.2) is 0 Å². The molecule has 0 saturated carbocycles. The molecule has 0 spiro atoms. The van der Waals surface area contributed by atoms with Gasteiger partial charge in [0.15, 0.2) is 0 Å². The van der Waals surface area contributed by atoms with Crippen molar-refractivity contribution < 1.29 is 9.53 Å². The molecule has 4 rings (SSSR count). The van der Waals surface area contributed by atoms with E-state index in [0.717, 1.165) is 35.8 Å². The molecule has 1 N–H and O–H groups in total. The number of nitrogens with one attached hydrogen (secondary N) is 1. The van der Waals surface area contributed by atoms with Crippen LogP contribution in [0.25, 0.3) is 11.3 Å².